The Balaban J connectivity index is 1.43. The molecule has 0 spiro atoms. The van der Waals surface area contributed by atoms with E-state index >= 15 is 0 Å². The summed E-state index contributed by atoms with van der Waals surface area (Å²) in [6.07, 6.45) is 0. The summed E-state index contributed by atoms with van der Waals surface area (Å²) in [6, 6.07) is 15.1. The monoisotopic (exact) mass is 434 g/mol. The van der Waals surface area contributed by atoms with Crippen molar-refractivity contribution in [2.75, 3.05) is 11.9 Å². The fraction of sp³-hybridized carbons (Fsp3) is 0.136. The zero-order valence-electron chi connectivity index (χ0n) is 16.6. The minimum atomic E-state index is -1.01. The van der Waals surface area contributed by atoms with E-state index in [0.717, 1.165) is 21.2 Å². The lowest BCUT2D eigenvalue weighted by Crippen LogP contribution is -2.38. The lowest BCUT2D eigenvalue weighted by Gasteiger charge is -2.15. The predicted octanol–water partition coefficient (Wildman–Crippen LogP) is 3.05. The van der Waals surface area contributed by atoms with Gasteiger partial charge in [-0.2, -0.15) is 0 Å². The van der Waals surface area contributed by atoms with Crippen molar-refractivity contribution in [1.82, 2.24) is 14.8 Å². The van der Waals surface area contributed by atoms with E-state index in [1.54, 1.807) is 42.5 Å². The summed E-state index contributed by atoms with van der Waals surface area (Å²) in [7, 11) is 0. The number of urea groups is 1. The normalized spacial score (nSPS) is 13.8. The molecule has 9 heteroatoms. The van der Waals surface area contributed by atoms with Crippen molar-refractivity contribution in [2.24, 2.45) is 0 Å². The number of aryl methyl sites for hydroxylation is 1. The van der Waals surface area contributed by atoms with Gasteiger partial charge in [0.05, 0.1) is 17.2 Å². The second-order valence-electron chi connectivity index (χ2n) is 6.93. The third-order valence-electron chi connectivity index (χ3n) is 4.68. The Kier molecular flexibility index (Phi) is 5.59. The molecule has 1 aliphatic heterocycles. The molecule has 0 saturated carbocycles. The predicted molar refractivity (Wildman–Crippen MR) is 115 cm³/mol. The van der Waals surface area contributed by atoms with Crippen molar-refractivity contribution in [3.05, 3.63) is 70.5 Å². The first kappa shape index (κ1) is 20.4. The van der Waals surface area contributed by atoms with E-state index in [1.807, 2.05) is 24.4 Å². The molecule has 31 heavy (non-hydrogen) atoms. The van der Waals surface area contributed by atoms with Gasteiger partial charge < -0.3 is 5.32 Å². The third kappa shape index (κ3) is 4.36. The topological polar surface area (TPSA) is 99.7 Å². The van der Waals surface area contributed by atoms with Crippen LogP contribution in [0.4, 0.5) is 10.5 Å². The molecule has 2 aromatic carbocycles. The van der Waals surface area contributed by atoms with E-state index < -0.39 is 30.3 Å². The van der Waals surface area contributed by atoms with E-state index in [0.29, 0.717) is 16.2 Å². The lowest BCUT2D eigenvalue weighted by molar-refractivity contribution is -0.143. The highest BCUT2D eigenvalue weighted by atomic mass is 32.1. The Morgan fingerprint density at radius 3 is 2.45 bits per heavy atom. The van der Waals surface area contributed by atoms with E-state index in [-0.39, 0.29) is 6.54 Å². The number of carbonyl (C=O) groups excluding carboxylic acids is 4. The highest BCUT2D eigenvalue weighted by Gasteiger charge is 2.45. The number of thiazole rings is 1. The summed E-state index contributed by atoms with van der Waals surface area (Å²) in [5, 5.41) is 5.52. The summed E-state index contributed by atoms with van der Waals surface area (Å²) in [4.78, 5) is 55.5. The number of anilines is 1. The van der Waals surface area contributed by atoms with Crippen LogP contribution in [0.15, 0.2) is 60.0 Å². The average molecular weight is 434 g/mol. The van der Waals surface area contributed by atoms with Crippen molar-refractivity contribution in [1.29, 1.82) is 0 Å². The first-order valence-corrected chi connectivity index (χ1v) is 10.3. The molecule has 0 radical (unpaired) electrons. The van der Waals surface area contributed by atoms with Crippen molar-refractivity contribution < 1.29 is 19.2 Å². The molecule has 1 aliphatic rings. The maximum Gasteiger partial charge on any atom is 0.335 e. The van der Waals surface area contributed by atoms with Crippen molar-refractivity contribution in [3.63, 3.8) is 0 Å². The number of aromatic nitrogens is 1. The molecule has 156 valence electrons. The molecule has 3 aromatic rings. The number of amides is 5. The van der Waals surface area contributed by atoms with Crippen LogP contribution in [-0.4, -0.2) is 45.1 Å². The Hall–Kier alpha value is -3.85. The standard InChI is InChI=1S/C22H18N4O4S/c1-14-23-18(13-31-14)16-8-5-9-17(10-16)24-19(27)12-26-21(29)20(28)25(22(26)30)11-15-6-3-2-4-7-15/h2-10,13H,11-12H2,1H3,(H,24,27). The number of hydrogen-bond donors (Lipinski definition) is 1. The van der Waals surface area contributed by atoms with Gasteiger partial charge in [-0.25, -0.2) is 14.7 Å². The maximum absolute atomic E-state index is 12.6. The van der Waals surface area contributed by atoms with Crippen LogP contribution in [0, 0.1) is 6.92 Å². The quantitative estimate of drug-likeness (QED) is 0.475. The smallest absolute Gasteiger partial charge is 0.325 e. The summed E-state index contributed by atoms with van der Waals surface area (Å²) in [5.74, 6) is -2.53. The Morgan fingerprint density at radius 2 is 1.74 bits per heavy atom. The van der Waals surface area contributed by atoms with Gasteiger partial charge in [0.1, 0.15) is 6.54 Å². The molecule has 0 unspecified atom stereocenters. The lowest BCUT2D eigenvalue weighted by atomic mass is 10.1. The van der Waals surface area contributed by atoms with Crippen LogP contribution in [0.5, 0.6) is 0 Å². The summed E-state index contributed by atoms with van der Waals surface area (Å²) >= 11 is 1.52. The molecule has 1 fully saturated rings. The first-order chi connectivity index (χ1) is 14.9. The van der Waals surface area contributed by atoms with Crippen LogP contribution in [0.1, 0.15) is 10.6 Å². The molecule has 1 aromatic heterocycles. The van der Waals surface area contributed by atoms with Gasteiger partial charge in [-0.1, -0.05) is 42.5 Å². The van der Waals surface area contributed by atoms with E-state index in [2.05, 4.69) is 10.3 Å². The molecule has 0 aliphatic carbocycles. The Morgan fingerprint density at radius 1 is 1.00 bits per heavy atom. The molecule has 8 nitrogen and oxygen atoms in total. The summed E-state index contributed by atoms with van der Waals surface area (Å²) < 4.78 is 0. The largest absolute Gasteiger partial charge is 0.335 e. The number of benzene rings is 2. The molecule has 1 N–H and O–H groups in total. The van der Waals surface area contributed by atoms with Crippen molar-refractivity contribution in [3.8, 4) is 11.3 Å². The molecule has 0 atom stereocenters. The Bertz CT molecular complexity index is 1180. The van der Waals surface area contributed by atoms with Gasteiger partial charge in [0.2, 0.25) is 5.91 Å². The van der Waals surface area contributed by atoms with Crippen molar-refractivity contribution >= 4 is 40.8 Å². The summed E-state index contributed by atoms with van der Waals surface area (Å²) in [6.45, 7) is 1.33. The molecule has 5 amide bonds. The molecule has 1 saturated heterocycles. The number of imide groups is 2. The van der Waals surface area contributed by atoms with Crippen LogP contribution in [0.2, 0.25) is 0 Å². The fourth-order valence-corrected chi connectivity index (χ4v) is 3.81. The van der Waals surface area contributed by atoms with Crippen LogP contribution in [-0.2, 0) is 20.9 Å². The first-order valence-electron chi connectivity index (χ1n) is 9.46. The summed E-state index contributed by atoms with van der Waals surface area (Å²) in [5.41, 5.74) is 2.84. The number of rotatable bonds is 6. The van der Waals surface area contributed by atoms with Gasteiger partial charge in [-0.05, 0) is 24.6 Å². The fourth-order valence-electron chi connectivity index (χ4n) is 3.19. The number of carbonyl (C=O) groups is 4. The van der Waals surface area contributed by atoms with E-state index in [4.69, 9.17) is 0 Å². The van der Waals surface area contributed by atoms with Crippen LogP contribution >= 0.6 is 11.3 Å². The number of nitrogens with zero attached hydrogens (tertiary/aromatic N) is 3. The average Bonchev–Trinajstić information content (AvgIpc) is 3.28. The zero-order chi connectivity index (χ0) is 22.0. The second kappa shape index (κ2) is 8.49. The van der Waals surface area contributed by atoms with Gasteiger partial charge in [0.25, 0.3) is 0 Å². The van der Waals surface area contributed by atoms with E-state index in [1.165, 1.54) is 11.3 Å². The molecule has 4 rings (SSSR count). The van der Waals surface area contributed by atoms with Gasteiger partial charge in [-0.15, -0.1) is 11.3 Å². The van der Waals surface area contributed by atoms with Gasteiger partial charge >= 0.3 is 17.8 Å². The minimum Gasteiger partial charge on any atom is -0.325 e. The highest BCUT2D eigenvalue weighted by Crippen LogP contribution is 2.24. The third-order valence-corrected chi connectivity index (χ3v) is 5.45. The van der Waals surface area contributed by atoms with Gasteiger partial charge in [-0.3, -0.25) is 19.3 Å². The van der Waals surface area contributed by atoms with Gasteiger partial charge in [0.15, 0.2) is 0 Å². The maximum atomic E-state index is 12.6. The number of hydrogen-bond acceptors (Lipinski definition) is 6. The molecular formula is C22H18N4O4S. The van der Waals surface area contributed by atoms with Crippen LogP contribution in [0.3, 0.4) is 0 Å². The van der Waals surface area contributed by atoms with Crippen molar-refractivity contribution in [2.45, 2.75) is 13.5 Å². The SMILES string of the molecule is Cc1nc(-c2cccc(NC(=O)CN3C(=O)C(=O)N(Cc4ccccc4)C3=O)c2)cs1. The minimum absolute atomic E-state index is 0.0303. The molecular weight excluding hydrogens is 416 g/mol. The van der Waals surface area contributed by atoms with E-state index in [9.17, 15) is 19.2 Å². The number of nitrogens with one attached hydrogen (secondary N) is 1. The second-order valence-corrected chi connectivity index (χ2v) is 7.99. The van der Waals surface area contributed by atoms with Gasteiger partial charge in [0, 0.05) is 16.6 Å². The molecule has 0 bridgehead atoms. The highest BCUT2D eigenvalue weighted by molar-refractivity contribution is 7.09. The zero-order valence-corrected chi connectivity index (χ0v) is 17.4. The Labute approximate surface area is 182 Å². The molecule has 2 heterocycles. The van der Waals surface area contributed by atoms with Crippen LogP contribution < -0.4 is 5.32 Å². The van der Waals surface area contributed by atoms with Crippen LogP contribution in [0.25, 0.3) is 11.3 Å².